The van der Waals surface area contributed by atoms with E-state index in [0.29, 0.717) is 10.8 Å². The summed E-state index contributed by atoms with van der Waals surface area (Å²) in [5.41, 5.74) is 0.393. The number of aryl methyl sites for hydroxylation is 1. The Bertz CT molecular complexity index is 514. The lowest BCUT2D eigenvalue weighted by molar-refractivity contribution is 0.587. The summed E-state index contributed by atoms with van der Waals surface area (Å²) in [4.78, 5) is 8.38. The van der Waals surface area contributed by atoms with E-state index >= 15 is 0 Å². The van der Waals surface area contributed by atoms with Crippen LogP contribution in [-0.4, -0.2) is 14.3 Å². The third-order valence-electron chi connectivity index (χ3n) is 2.48. The molecule has 0 spiro atoms. The van der Waals surface area contributed by atoms with Gasteiger partial charge >= 0.3 is 0 Å². The minimum Gasteiger partial charge on any atom is -0.352 e. The van der Waals surface area contributed by atoms with Gasteiger partial charge in [0, 0.05) is 24.2 Å². The zero-order chi connectivity index (χ0) is 13.0. The molecule has 0 amide bonds. The number of anilines is 1. The molecular weight excluding hydrogens is 251 g/mol. The Morgan fingerprint density at radius 2 is 2.33 bits per heavy atom. The van der Waals surface area contributed by atoms with Gasteiger partial charge in [-0.25, -0.2) is 9.37 Å². The summed E-state index contributed by atoms with van der Waals surface area (Å²) in [6.07, 6.45) is 3.46. The fourth-order valence-corrected chi connectivity index (χ4v) is 2.31. The van der Waals surface area contributed by atoms with Crippen LogP contribution in [-0.2, 0) is 6.42 Å². The second-order valence-corrected chi connectivity index (χ2v) is 4.75. The van der Waals surface area contributed by atoms with Crippen molar-refractivity contribution >= 4 is 16.7 Å². The number of halogens is 1. The fraction of sp³-hybridized carbons (Fsp3) is 0.417. The molecule has 0 saturated heterocycles. The van der Waals surface area contributed by atoms with Crippen LogP contribution in [0.3, 0.4) is 0 Å². The van der Waals surface area contributed by atoms with Crippen molar-refractivity contribution in [3.8, 4) is 0 Å². The molecular formula is C12H15FN4S. The highest BCUT2D eigenvalue weighted by Gasteiger charge is 2.13. The number of hydrogen-bond donors (Lipinski definition) is 1. The van der Waals surface area contributed by atoms with E-state index in [1.165, 1.54) is 17.6 Å². The minimum atomic E-state index is -0.309. The highest BCUT2D eigenvalue weighted by atomic mass is 32.1. The number of rotatable bonds is 5. The molecule has 0 fully saturated rings. The second kappa shape index (κ2) is 5.86. The average Bonchev–Trinajstić information content (AvgIpc) is 2.77. The Morgan fingerprint density at radius 3 is 3.06 bits per heavy atom. The van der Waals surface area contributed by atoms with Crippen molar-refractivity contribution in [3.05, 3.63) is 35.7 Å². The van der Waals surface area contributed by atoms with E-state index in [9.17, 15) is 4.39 Å². The summed E-state index contributed by atoms with van der Waals surface area (Å²) in [5.74, 6) is 0.523. The SMILES string of the molecule is CCCc1nsc(N[C@H](C)c2ncccc2F)n1. The third kappa shape index (κ3) is 3.01. The van der Waals surface area contributed by atoms with Gasteiger partial charge in [-0.05, 0) is 25.5 Å². The van der Waals surface area contributed by atoms with Gasteiger partial charge in [-0.3, -0.25) is 4.98 Å². The maximum atomic E-state index is 13.5. The first-order chi connectivity index (χ1) is 8.70. The van der Waals surface area contributed by atoms with E-state index in [4.69, 9.17) is 0 Å². The maximum absolute atomic E-state index is 13.5. The van der Waals surface area contributed by atoms with Gasteiger partial charge in [0.15, 0.2) is 0 Å². The first kappa shape index (κ1) is 12.9. The van der Waals surface area contributed by atoms with Crippen LogP contribution in [0.5, 0.6) is 0 Å². The largest absolute Gasteiger partial charge is 0.352 e. The Hall–Kier alpha value is -1.56. The highest BCUT2D eigenvalue weighted by molar-refractivity contribution is 7.09. The number of nitrogens with zero attached hydrogens (tertiary/aromatic N) is 3. The Labute approximate surface area is 109 Å². The molecule has 0 unspecified atom stereocenters. The number of aromatic nitrogens is 3. The van der Waals surface area contributed by atoms with Crippen molar-refractivity contribution in [2.45, 2.75) is 32.7 Å². The van der Waals surface area contributed by atoms with Crippen molar-refractivity contribution in [1.29, 1.82) is 0 Å². The summed E-state index contributed by atoms with van der Waals surface area (Å²) in [7, 11) is 0. The van der Waals surface area contributed by atoms with Crippen molar-refractivity contribution in [2.24, 2.45) is 0 Å². The molecule has 1 N–H and O–H groups in total. The molecule has 0 aromatic carbocycles. The molecule has 6 heteroatoms. The highest BCUT2D eigenvalue weighted by Crippen LogP contribution is 2.21. The quantitative estimate of drug-likeness (QED) is 0.903. The van der Waals surface area contributed by atoms with Crippen LogP contribution in [0.4, 0.5) is 9.52 Å². The Balaban J connectivity index is 2.06. The number of nitrogens with one attached hydrogen (secondary N) is 1. The first-order valence-corrected chi connectivity index (χ1v) is 6.67. The topological polar surface area (TPSA) is 50.7 Å². The molecule has 2 aromatic heterocycles. The molecule has 96 valence electrons. The van der Waals surface area contributed by atoms with Crippen LogP contribution in [0.15, 0.2) is 18.3 Å². The van der Waals surface area contributed by atoms with E-state index in [2.05, 4.69) is 26.6 Å². The lowest BCUT2D eigenvalue weighted by atomic mass is 10.2. The molecule has 1 atom stereocenters. The molecule has 0 aliphatic rings. The van der Waals surface area contributed by atoms with Crippen LogP contribution < -0.4 is 5.32 Å². The van der Waals surface area contributed by atoms with Gasteiger partial charge in [0.2, 0.25) is 5.13 Å². The predicted molar refractivity (Wildman–Crippen MR) is 70.1 cm³/mol. The van der Waals surface area contributed by atoms with Crippen LogP contribution in [0.25, 0.3) is 0 Å². The second-order valence-electron chi connectivity index (χ2n) is 4.00. The third-order valence-corrected chi connectivity index (χ3v) is 3.16. The predicted octanol–water partition coefficient (Wildman–Crippen LogP) is 3.20. The normalized spacial score (nSPS) is 12.4. The zero-order valence-electron chi connectivity index (χ0n) is 10.4. The lowest BCUT2D eigenvalue weighted by Crippen LogP contribution is -2.10. The maximum Gasteiger partial charge on any atom is 0.203 e. The van der Waals surface area contributed by atoms with Crippen LogP contribution in [0, 0.1) is 5.82 Å². The summed E-state index contributed by atoms with van der Waals surface area (Å²) in [6.45, 7) is 3.94. The van der Waals surface area contributed by atoms with E-state index in [1.807, 2.05) is 6.92 Å². The summed E-state index contributed by atoms with van der Waals surface area (Å²) in [6, 6.07) is 2.76. The Kier molecular flexibility index (Phi) is 4.19. The molecule has 0 radical (unpaired) electrons. The molecule has 2 rings (SSSR count). The monoisotopic (exact) mass is 266 g/mol. The molecule has 0 aliphatic carbocycles. The average molecular weight is 266 g/mol. The van der Waals surface area contributed by atoms with Gasteiger partial charge < -0.3 is 5.32 Å². The van der Waals surface area contributed by atoms with E-state index in [1.54, 1.807) is 12.3 Å². The van der Waals surface area contributed by atoms with Crippen molar-refractivity contribution in [1.82, 2.24) is 14.3 Å². The van der Waals surface area contributed by atoms with Gasteiger partial charge in [0.05, 0.1) is 11.7 Å². The minimum absolute atomic E-state index is 0.228. The molecule has 0 bridgehead atoms. The smallest absolute Gasteiger partial charge is 0.203 e. The standard InChI is InChI=1S/C12H15FN4S/c1-3-5-10-16-12(18-17-10)15-8(2)11-9(13)6-4-7-14-11/h4,6-8H,3,5H2,1-2H3,(H,15,16,17)/t8-/m1/s1. The van der Waals surface area contributed by atoms with Gasteiger partial charge in [0.1, 0.15) is 11.6 Å². The van der Waals surface area contributed by atoms with Gasteiger partial charge in [-0.2, -0.15) is 4.37 Å². The lowest BCUT2D eigenvalue weighted by Gasteiger charge is -2.12. The first-order valence-electron chi connectivity index (χ1n) is 5.90. The van der Waals surface area contributed by atoms with Crippen molar-refractivity contribution < 1.29 is 4.39 Å². The van der Waals surface area contributed by atoms with Gasteiger partial charge in [-0.15, -0.1) is 0 Å². The van der Waals surface area contributed by atoms with Crippen LogP contribution >= 0.6 is 11.5 Å². The van der Waals surface area contributed by atoms with E-state index in [-0.39, 0.29) is 11.9 Å². The summed E-state index contributed by atoms with van der Waals surface area (Å²) in [5, 5.41) is 3.82. The number of pyridine rings is 1. The zero-order valence-corrected chi connectivity index (χ0v) is 11.2. The molecule has 0 aliphatic heterocycles. The van der Waals surface area contributed by atoms with Crippen molar-refractivity contribution in [3.63, 3.8) is 0 Å². The van der Waals surface area contributed by atoms with Crippen LogP contribution in [0.1, 0.15) is 37.8 Å². The van der Waals surface area contributed by atoms with E-state index in [0.717, 1.165) is 18.7 Å². The summed E-state index contributed by atoms with van der Waals surface area (Å²) < 4.78 is 17.8. The summed E-state index contributed by atoms with van der Waals surface area (Å²) >= 11 is 1.30. The van der Waals surface area contributed by atoms with Gasteiger partial charge in [0.25, 0.3) is 0 Å². The van der Waals surface area contributed by atoms with Crippen molar-refractivity contribution in [2.75, 3.05) is 5.32 Å². The molecule has 2 heterocycles. The number of hydrogen-bond acceptors (Lipinski definition) is 5. The van der Waals surface area contributed by atoms with Gasteiger partial charge in [-0.1, -0.05) is 6.92 Å². The molecule has 2 aromatic rings. The van der Waals surface area contributed by atoms with E-state index < -0.39 is 0 Å². The molecule has 18 heavy (non-hydrogen) atoms. The molecule has 4 nitrogen and oxygen atoms in total. The fourth-order valence-electron chi connectivity index (χ4n) is 1.61. The molecule has 0 saturated carbocycles. The van der Waals surface area contributed by atoms with Crippen LogP contribution in [0.2, 0.25) is 0 Å². The Morgan fingerprint density at radius 1 is 1.50 bits per heavy atom.